The molecule has 2 spiro atoms. The zero-order valence-electron chi connectivity index (χ0n) is 23.9. The highest BCUT2D eigenvalue weighted by Gasteiger charge is 2.78. The first kappa shape index (κ1) is 25.1. The second-order valence-electron chi connectivity index (χ2n) is 13.2. The maximum absolute atomic E-state index is 14.3. The highest BCUT2D eigenvalue weighted by Crippen LogP contribution is 2.73. The predicted octanol–water partition coefficient (Wildman–Crippen LogP) is 3.71. The molecule has 6 heterocycles. The summed E-state index contributed by atoms with van der Waals surface area (Å²) < 4.78 is 36.7. The van der Waals surface area contributed by atoms with Crippen molar-refractivity contribution < 1.29 is 17.9 Å². The normalized spacial score (nSPS) is 37.6. The van der Waals surface area contributed by atoms with Crippen LogP contribution in [0.3, 0.4) is 0 Å². The highest BCUT2D eigenvalue weighted by molar-refractivity contribution is 7.92. The Labute approximate surface area is 236 Å². The van der Waals surface area contributed by atoms with Crippen LogP contribution in [0.5, 0.6) is 0 Å². The lowest BCUT2D eigenvalue weighted by molar-refractivity contribution is -0.140. The quantitative estimate of drug-likeness (QED) is 0.529. The van der Waals surface area contributed by atoms with E-state index in [1.54, 1.807) is 11.2 Å². The molecule has 0 radical (unpaired) electrons. The number of carbonyl (C=O) groups excluding carboxylic acids is 1. The van der Waals surface area contributed by atoms with Crippen molar-refractivity contribution >= 4 is 27.3 Å². The van der Waals surface area contributed by atoms with E-state index in [0.29, 0.717) is 13.0 Å². The minimum absolute atomic E-state index is 0.000267. The van der Waals surface area contributed by atoms with Crippen molar-refractivity contribution in [3.8, 4) is 0 Å². The van der Waals surface area contributed by atoms with Crippen molar-refractivity contribution in [1.29, 1.82) is 0 Å². The number of likely N-dealkylation sites (tertiary alicyclic amines) is 1. The van der Waals surface area contributed by atoms with E-state index in [2.05, 4.69) is 59.9 Å². The van der Waals surface area contributed by atoms with Crippen LogP contribution in [-0.4, -0.2) is 74.1 Å². The van der Waals surface area contributed by atoms with Gasteiger partial charge in [0.05, 0.1) is 34.7 Å². The Balaban J connectivity index is 1.53. The van der Waals surface area contributed by atoms with Crippen LogP contribution in [0.4, 0.5) is 11.4 Å². The summed E-state index contributed by atoms with van der Waals surface area (Å²) in [5, 5.41) is 0. The van der Waals surface area contributed by atoms with E-state index < -0.39 is 27.0 Å². The fraction of sp³-hybridized carbons (Fsp3) is 0.581. The Kier molecular flexibility index (Phi) is 4.78. The molecule has 6 aliphatic rings. The molecule has 8 rings (SSSR count). The van der Waals surface area contributed by atoms with E-state index in [9.17, 15) is 13.2 Å². The highest BCUT2D eigenvalue weighted by atomic mass is 32.2. The summed E-state index contributed by atoms with van der Waals surface area (Å²) in [7, 11) is -1.56. The molecular formula is C31H38N4O4S. The molecule has 40 heavy (non-hydrogen) atoms. The van der Waals surface area contributed by atoms with Crippen LogP contribution in [0, 0.1) is 0 Å². The number of hydrogen-bond donors (Lipinski definition) is 0. The SMILES string of the molecule is CCCS(=O)(=O)N1c2ccccc2[C@@]23CCN(C(C)=O)[C@@H]2N2CC[C@@]34c3c(cccc3N(C)[C@@H]14)[C@H]2[C@H]1OC1(C)C. The average molecular weight is 563 g/mol. The van der Waals surface area contributed by atoms with Gasteiger partial charge in [-0.15, -0.1) is 0 Å². The van der Waals surface area contributed by atoms with Crippen molar-refractivity contribution in [3.63, 3.8) is 0 Å². The zero-order chi connectivity index (χ0) is 28.0. The molecular weight excluding hydrogens is 524 g/mol. The van der Waals surface area contributed by atoms with Gasteiger partial charge in [-0.05, 0) is 61.9 Å². The number of nitrogens with zero attached hydrogens (tertiary/aromatic N) is 4. The minimum Gasteiger partial charge on any atom is -0.365 e. The van der Waals surface area contributed by atoms with E-state index in [0.717, 1.165) is 36.3 Å². The Hall–Kier alpha value is -2.62. The number of hydrogen-bond acceptors (Lipinski definition) is 6. The molecule has 2 aromatic carbocycles. The summed E-state index contributed by atoms with van der Waals surface area (Å²) in [4.78, 5) is 20.3. The number of benzene rings is 2. The van der Waals surface area contributed by atoms with E-state index in [1.165, 1.54) is 11.1 Å². The number of sulfonamides is 1. The van der Waals surface area contributed by atoms with Crippen LogP contribution >= 0.6 is 0 Å². The number of fused-ring (bicyclic) bond motifs is 1. The van der Waals surface area contributed by atoms with Gasteiger partial charge < -0.3 is 14.5 Å². The van der Waals surface area contributed by atoms with Crippen molar-refractivity contribution in [2.45, 2.75) is 87.9 Å². The molecule has 7 atom stereocenters. The summed E-state index contributed by atoms with van der Waals surface area (Å²) in [5.41, 5.74) is 4.24. The lowest BCUT2D eigenvalue weighted by atomic mass is 9.50. The fourth-order valence-corrected chi connectivity index (χ4v) is 11.6. The standard InChI is InChI=1S/C31H38N4O4S/c1-6-18-40(37,38)35-22-12-8-7-11-21(22)30-14-16-33(19(2)36)28(30)34-17-15-31(30)24-20(25(34)26-29(3,4)39-26)10-9-13-23(24)32(5)27(31)35/h7-13,25-28H,6,14-18H2,1-5H3/t25-,26+,27-,28+,30-,31-/m0/s1. The number of anilines is 2. The van der Waals surface area contributed by atoms with Crippen molar-refractivity contribution in [2.75, 3.05) is 35.1 Å². The predicted molar refractivity (Wildman–Crippen MR) is 154 cm³/mol. The zero-order valence-corrected chi connectivity index (χ0v) is 24.7. The van der Waals surface area contributed by atoms with Gasteiger partial charge in [0.25, 0.3) is 0 Å². The van der Waals surface area contributed by atoms with Gasteiger partial charge in [0.1, 0.15) is 12.3 Å². The maximum atomic E-state index is 14.3. The van der Waals surface area contributed by atoms with Crippen LogP contribution in [0.15, 0.2) is 42.5 Å². The van der Waals surface area contributed by atoms with Gasteiger partial charge in [-0.25, -0.2) is 12.7 Å². The average Bonchev–Trinajstić information content (AvgIpc) is 3.29. The smallest absolute Gasteiger partial charge is 0.236 e. The molecule has 1 unspecified atom stereocenters. The molecule has 9 heteroatoms. The Morgan fingerprint density at radius 1 is 1.00 bits per heavy atom. The molecule has 8 nitrogen and oxygen atoms in total. The van der Waals surface area contributed by atoms with Crippen LogP contribution < -0.4 is 9.21 Å². The topological polar surface area (TPSA) is 76.7 Å². The number of rotatable bonds is 4. The summed E-state index contributed by atoms with van der Waals surface area (Å²) in [6.45, 7) is 9.36. The second-order valence-corrected chi connectivity index (χ2v) is 15.2. The van der Waals surface area contributed by atoms with E-state index in [-0.39, 0.29) is 35.6 Å². The minimum atomic E-state index is -3.63. The number of epoxide rings is 1. The van der Waals surface area contributed by atoms with E-state index in [1.807, 2.05) is 25.1 Å². The van der Waals surface area contributed by atoms with Crippen LogP contribution in [0.25, 0.3) is 0 Å². The van der Waals surface area contributed by atoms with Gasteiger partial charge in [0.15, 0.2) is 0 Å². The molecule has 6 aliphatic heterocycles. The number of piperidine rings is 1. The second kappa shape index (κ2) is 7.61. The molecule has 2 bridgehead atoms. The van der Waals surface area contributed by atoms with E-state index in [4.69, 9.17) is 4.74 Å². The van der Waals surface area contributed by atoms with E-state index >= 15 is 0 Å². The maximum Gasteiger partial charge on any atom is 0.236 e. The Morgan fingerprint density at radius 3 is 2.40 bits per heavy atom. The van der Waals surface area contributed by atoms with Crippen molar-refractivity contribution in [3.05, 3.63) is 59.2 Å². The van der Waals surface area contributed by atoms with Gasteiger partial charge in [0.2, 0.25) is 15.9 Å². The lowest BCUT2D eigenvalue weighted by Gasteiger charge is -2.64. The molecule has 3 fully saturated rings. The Bertz CT molecular complexity index is 1570. The third-order valence-electron chi connectivity index (χ3n) is 11.1. The number of amides is 1. The van der Waals surface area contributed by atoms with Gasteiger partial charge >= 0.3 is 0 Å². The van der Waals surface area contributed by atoms with Crippen LogP contribution in [-0.2, 0) is 30.4 Å². The fourth-order valence-electron chi connectivity index (χ4n) is 9.84. The third kappa shape index (κ3) is 2.62. The molecule has 0 N–H and O–H groups in total. The first-order valence-electron chi connectivity index (χ1n) is 14.7. The number of carbonyl (C=O) groups is 1. The molecule has 0 saturated carbocycles. The molecule has 2 aromatic rings. The van der Waals surface area contributed by atoms with Crippen molar-refractivity contribution in [2.24, 2.45) is 0 Å². The summed E-state index contributed by atoms with van der Waals surface area (Å²) >= 11 is 0. The van der Waals surface area contributed by atoms with Crippen LogP contribution in [0.2, 0.25) is 0 Å². The van der Waals surface area contributed by atoms with Gasteiger partial charge in [-0.3, -0.25) is 9.69 Å². The molecule has 3 saturated heterocycles. The molecule has 212 valence electrons. The summed E-state index contributed by atoms with van der Waals surface area (Å²) in [6.07, 6.45) is 1.59. The number of para-hydroxylation sites is 1. The monoisotopic (exact) mass is 562 g/mol. The van der Waals surface area contributed by atoms with Gasteiger partial charge in [0, 0.05) is 38.2 Å². The number of likely N-dealkylation sites (N-methyl/N-ethyl adjacent to an activating group) is 1. The largest absolute Gasteiger partial charge is 0.365 e. The first-order chi connectivity index (χ1) is 19.0. The van der Waals surface area contributed by atoms with Gasteiger partial charge in [-0.1, -0.05) is 37.3 Å². The number of ether oxygens (including phenoxy) is 1. The van der Waals surface area contributed by atoms with Crippen LogP contribution in [0.1, 0.15) is 69.7 Å². The molecule has 1 amide bonds. The molecule has 0 aromatic heterocycles. The molecule has 0 aliphatic carbocycles. The lowest BCUT2D eigenvalue weighted by Crippen LogP contribution is -2.75. The third-order valence-corrected chi connectivity index (χ3v) is 13.0. The Morgan fingerprint density at radius 2 is 1.70 bits per heavy atom. The van der Waals surface area contributed by atoms with Crippen molar-refractivity contribution in [1.82, 2.24) is 9.80 Å². The summed E-state index contributed by atoms with van der Waals surface area (Å²) in [6, 6.07) is 14.7. The first-order valence-corrected chi connectivity index (χ1v) is 16.3. The summed E-state index contributed by atoms with van der Waals surface area (Å²) in [5.74, 6) is 0.172. The van der Waals surface area contributed by atoms with Gasteiger partial charge in [-0.2, -0.15) is 0 Å².